The van der Waals surface area contributed by atoms with Crippen molar-refractivity contribution < 1.29 is 19.0 Å². The Labute approximate surface area is 177 Å². The van der Waals surface area contributed by atoms with Crippen molar-refractivity contribution in [1.29, 1.82) is 0 Å². The molecule has 5 nitrogen and oxygen atoms in total. The summed E-state index contributed by atoms with van der Waals surface area (Å²) in [5, 5.41) is 2.89. The molecule has 5 heteroatoms. The van der Waals surface area contributed by atoms with E-state index in [1.165, 1.54) is 5.56 Å². The van der Waals surface area contributed by atoms with Crippen LogP contribution in [0.25, 0.3) is 0 Å². The molecule has 3 rings (SSSR count). The molecule has 0 aromatic heterocycles. The minimum Gasteiger partial charge on any atom is -0.493 e. The van der Waals surface area contributed by atoms with Crippen LogP contribution in [0.4, 0.5) is 5.69 Å². The van der Waals surface area contributed by atoms with Gasteiger partial charge in [0.2, 0.25) is 0 Å². The fourth-order valence-electron chi connectivity index (χ4n) is 2.83. The molecule has 1 N–H and O–H groups in total. The van der Waals surface area contributed by atoms with Gasteiger partial charge in [-0.05, 0) is 61.0 Å². The zero-order valence-corrected chi connectivity index (χ0v) is 17.2. The summed E-state index contributed by atoms with van der Waals surface area (Å²) in [6.07, 6.45) is 0.852. The number of hydrogen-bond donors (Lipinski definition) is 1. The number of carbonyl (C=O) groups is 1. The normalized spacial score (nSPS) is 10.4. The van der Waals surface area contributed by atoms with E-state index in [0.717, 1.165) is 12.2 Å². The molecule has 0 aliphatic rings. The number of nitrogens with one attached hydrogen (secondary N) is 1. The van der Waals surface area contributed by atoms with Crippen molar-refractivity contribution >= 4 is 11.6 Å². The molecule has 0 atom stereocenters. The second-order valence-corrected chi connectivity index (χ2v) is 6.63. The molecule has 3 aromatic carbocycles. The maximum absolute atomic E-state index is 12.4. The molecule has 0 saturated carbocycles. The summed E-state index contributed by atoms with van der Waals surface area (Å²) in [6, 6.07) is 24.7. The number of carbonyl (C=O) groups excluding carboxylic acids is 1. The minimum absolute atomic E-state index is 0.173. The Bertz CT molecular complexity index is 893. The van der Waals surface area contributed by atoms with Gasteiger partial charge in [-0.1, -0.05) is 30.3 Å². The zero-order chi connectivity index (χ0) is 21.0. The van der Waals surface area contributed by atoms with E-state index in [0.29, 0.717) is 43.4 Å². The molecule has 3 aromatic rings. The van der Waals surface area contributed by atoms with E-state index in [1.807, 2.05) is 49.4 Å². The first-order valence-electron chi connectivity index (χ1n) is 10.1. The van der Waals surface area contributed by atoms with Gasteiger partial charge >= 0.3 is 0 Å². The summed E-state index contributed by atoms with van der Waals surface area (Å²) >= 11 is 0. The Kier molecular flexibility index (Phi) is 8.30. The molecule has 30 heavy (non-hydrogen) atoms. The number of ether oxygens (including phenoxy) is 3. The van der Waals surface area contributed by atoms with Crippen molar-refractivity contribution in [3.05, 3.63) is 90.0 Å². The molecule has 0 spiro atoms. The maximum atomic E-state index is 12.4. The highest BCUT2D eigenvalue weighted by Gasteiger charge is 2.07. The molecule has 156 valence electrons. The number of amides is 1. The van der Waals surface area contributed by atoms with Crippen LogP contribution < -0.4 is 14.8 Å². The third kappa shape index (κ3) is 6.94. The van der Waals surface area contributed by atoms with Crippen molar-refractivity contribution in [2.45, 2.75) is 13.3 Å². The smallest absolute Gasteiger partial charge is 0.255 e. The van der Waals surface area contributed by atoms with E-state index in [2.05, 4.69) is 17.4 Å². The average molecular weight is 405 g/mol. The lowest BCUT2D eigenvalue weighted by molar-refractivity contribution is 0.102. The van der Waals surface area contributed by atoms with Crippen LogP contribution in [0.3, 0.4) is 0 Å². The fraction of sp³-hybridized carbons (Fsp3) is 0.240. The first-order chi connectivity index (χ1) is 14.7. The third-order valence-electron chi connectivity index (χ3n) is 4.43. The van der Waals surface area contributed by atoms with Crippen LogP contribution in [0.1, 0.15) is 22.8 Å². The predicted molar refractivity (Wildman–Crippen MR) is 118 cm³/mol. The molecule has 0 aliphatic heterocycles. The first kappa shape index (κ1) is 21.4. The first-order valence-corrected chi connectivity index (χ1v) is 10.1. The third-order valence-corrected chi connectivity index (χ3v) is 4.43. The Morgan fingerprint density at radius 2 is 1.40 bits per heavy atom. The van der Waals surface area contributed by atoms with Crippen LogP contribution >= 0.6 is 0 Å². The lowest BCUT2D eigenvalue weighted by atomic mass is 10.2. The van der Waals surface area contributed by atoms with Crippen molar-refractivity contribution in [2.24, 2.45) is 0 Å². The molecular formula is C25H27NO4. The van der Waals surface area contributed by atoms with Crippen molar-refractivity contribution in [3.8, 4) is 11.5 Å². The molecule has 0 aliphatic carbocycles. The van der Waals surface area contributed by atoms with E-state index in [9.17, 15) is 4.79 Å². The van der Waals surface area contributed by atoms with Gasteiger partial charge in [0.15, 0.2) is 0 Å². The van der Waals surface area contributed by atoms with Gasteiger partial charge in [0.25, 0.3) is 5.91 Å². The number of benzene rings is 3. The summed E-state index contributed by atoms with van der Waals surface area (Å²) < 4.78 is 16.6. The lowest BCUT2D eigenvalue weighted by Gasteiger charge is -2.09. The Hall–Kier alpha value is -3.31. The Morgan fingerprint density at radius 3 is 2.07 bits per heavy atom. The minimum atomic E-state index is -0.173. The SMILES string of the molecule is CCOCCOc1ccc(C(=O)Nc2ccc(OCCc3ccccc3)cc2)cc1. The molecule has 0 heterocycles. The maximum Gasteiger partial charge on any atom is 0.255 e. The van der Waals surface area contributed by atoms with Gasteiger partial charge in [-0.15, -0.1) is 0 Å². The van der Waals surface area contributed by atoms with E-state index >= 15 is 0 Å². The summed E-state index contributed by atoms with van der Waals surface area (Å²) in [6.45, 7) is 4.25. The average Bonchev–Trinajstić information content (AvgIpc) is 2.79. The van der Waals surface area contributed by atoms with Gasteiger partial charge in [0, 0.05) is 24.3 Å². The molecule has 0 radical (unpaired) electrons. The van der Waals surface area contributed by atoms with Gasteiger partial charge in [-0.25, -0.2) is 0 Å². The van der Waals surface area contributed by atoms with Gasteiger partial charge < -0.3 is 19.5 Å². The van der Waals surface area contributed by atoms with Crippen molar-refractivity contribution in [3.63, 3.8) is 0 Å². The summed E-state index contributed by atoms with van der Waals surface area (Å²) in [7, 11) is 0. The standard InChI is InChI=1S/C25H27NO4/c1-2-28-18-19-30-23-12-8-21(9-13-23)25(27)26-22-10-14-24(15-11-22)29-17-16-20-6-4-3-5-7-20/h3-15H,2,16-19H2,1H3,(H,26,27). The van der Waals surface area contributed by atoms with E-state index in [1.54, 1.807) is 24.3 Å². The molecular weight excluding hydrogens is 378 g/mol. The molecule has 0 bridgehead atoms. The predicted octanol–water partition coefficient (Wildman–Crippen LogP) is 4.98. The van der Waals surface area contributed by atoms with E-state index in [-0.39, 0.29) is 5.91 Å². The van der Waals surface area contributed by atoms with Crippen LogP contribution in [0.2, 0.25) is 0 Å². The van der Waals surface area contributed by atoms with Crippen LogP contribution in [0, 0.1) is 0 Å². The van der Waals surface area contributed by atoms with E-state index < -0.39 is 0 Å². The second-order valence-electron chi connectivity index (χ2n) is 6.63. The van der Waals surface area contributed by atoms with Gasteiger partial charge in [0.05, 0.1) is 13.2 Å². The molecule has 0 saturated heterocycles. The number of anilines is 1. The highest BCUT2D eigenvalue weighted by molar-refractivity contribution is 6.04. The summed E-state index contributed by atoms with van der Waals surface area (Å²) in [4.78, 5) is 12.4. The Balaban J connectivity index is 1.44. The van der Waals surface area contributed by atoms with E-state index in [4.69, 9.17) is 14.2 Å². The highest BCUT2D eigenvalue weighted by atomic mass is 16.5. The van der Waals surface area contributed by atoms with Gasteiger partial charge in [-0.3, -0.25) is 4.79 Å². The largest absolute Gasteiger partial charge is 0.493 e. The quantitative estimate of drug-likeness (QED) is 0.457. The van der Waals surface area contributed by atoms with Crippen molar-refractivity contribution in [1.82, 2.24) is 0 Å². The summed E-state index contributed by atoms with van der Waals surface area (Å²) in [5.41, 5.74) is 2.52. The van der Waals surface area contributed by atoms with Crippen LogP contribution in [-0.4, -0.2) is 32.3 Å². The molecule has 0 fully saturated rings. The van der Waals surface area contributed by atoms with Crippen molar-refractivity contribution in [2.75, 3.05) is 31.7 Å². The van der Waals surface area contributed by atoms with Gasteiger partial charge in [-0.2, -0.15) is 0 Å². The number of hydrogen-bond acceptors (Lipinski definition) is 4. The fourth-order valence-corrected chi connectivity index (χ4v) is 2.83. The lowest BCUT2D eigenvalue weighted by Crippen LogP contribution is -2.12. The van der Waals surface area contributed by atoms with Crippen LogP contribution in [0.5, 0.6) is 11.5 Å². The zero-order valence-electron chi connectivity index (χ0n) is 17.2. The Morgan fingerprint density at radius 1 is 0.767 bits per heavy atom. The summed E-state index contributed by atoms with van der Waals surface area (Å²) in [5.74, 6) is 1.31. The highest BCUT2D eigenvalue weighted by Crippen LogP contribution is 2.18. The second kappa shape index (κ2) is 11.6. The van der Waals surface area contributed by atoms with Crippen LogP contribution in [0.15, 0.2) is 78.9 Å². The molecule has 1 amide bonds. The number of rotatable bonds is 11. The topological polar surface area (TPSA) is 56.8 Å². The monoisotopic (exact) mass is 405 g/mol. The molecule has 0 unspecified atom stereocenters. The van der Waals surface area contributed by atoms with Crippen LogP contribution in [-0.2, 0) is 11.2 Å². The van der Waals surface area contributed by atoms with Gasteiger partial charge in [0.1, 0.15) is 18.1 Å².